The highest BCUT2D eigenvalue weighted by Gasteiger charge is 2.18. The molecule has 0 aliphatic rings. The summed E-state index contributed by atoms with van der Waals surface area (Å²) in [6.45, 7) is 4.57. The SMILES string of the molecule is CCC(CCO)C(C)CC(CO)CO. The number of rotatable bonds is 8. The standard InChI is InChI=1S/C11H24O3/c1-3-11(4-5-12)9(2)6-10(7-13)8-14/h9-14H,3-8H2,1-2H3. The quantitative estimate of drug-likeness (QED) is 0.553. The highest BCUT2D eigenvalue weighted by molar-refractivity contribution is 4.69. The molecule has 0 rings (SSSR count). The van der Waals surface area contributed by atoms with E-state index in [1.807, 2.05) is 0 Å². The minimum Gasteiger partial charge on any atom is -0.396 e. The van der Waals surface area contributed by atoms with Gasteiger partial charge in [-0.1, -0.05) is 20.3 Å². The second kappa shape index (κ2) is 8.21. The van der Waals surface area contributed by atoms with Gasteiger partial charge in [-0.15, -0.1) is 0 Å². The molecule has 0 aromatic rings. The lowest BCUT2D eigenvalue weighted by molar-refractivity contribution is 0.115. The lowest BCUT2D eigenvalue weighted by Crippen LogP contribution is -2.20. The molecule has 3 nitrogen and oxygen atoms in total. The van der Waals surface area contributed by atoms with Gasteiger partial charge in [0.2, 0.25) is 0 Å². The lowest BCUT2D eigenvalue weighted by Gasteiger charge is -2.24. The van der Waals surface area contributed by atoms with Gasteiger partial charge in [-0.3, -0.25) is 0 Å². The highest BCUT2D eigenvalue weighted by atomic mass is 16.3. The summed E-state index contributed by atoms with van der Waals surface area (Å²) in [6, 6.07) is 0. The Hall–Kier alpha value is -0.120. The van der Waals surface area contributed by atoms with Crippen LogP contribution in [0.25, 0.3) is 0 Å². The van der Waals surface area contributed by atoms with E-state index in [9.17, 15) is 0 Å². The van der Waals surface area contributed by atoms with Crippen molar-refractivity contribution in [1.29, 1.82) is 0 Å². The van der Waals surface area contributed by atoms with Crippen LogP contribution >= 0.6 is 0 Å². The van der Waals surface area contributed by atoms with Crippen molar-refractivity contribution in [2.24, 2.45) is 17.8 Å². The van der Waals surface area contributed by atoms with Crippen molar-refractivity contribution in [2.45, 2.75) is 33.1 Å². The summed E-state index contributed by atoms with van der Waals surface area (Å²) in [5.41, 5.74) is 0. The first-order valence-corrected chi connectivity index (χ1v) is 5.52. The van der Waals surface area contributed by atoms with E-state index in [0.717, 1.165) is 19.3 Å². The van der Waals surface area contributed by atoms with Crippen LogP contribution in [0.2, 0.25) is 0 Å². The minimum atomic E-state index is -0.00209. The Bertz CT molecular complexity index is 124. The first-order chi connectivity index (χ1) is 6.69. The first kappa shape index (κ1) is 13.9. The average molecular weight is 204 g/mol. The zero-order chi connectivity index (χ0) is 11.0. The van der Waals surface area contributed by atoms with Gasteiger partial charge in [0.25, 0.3) is 0 Å². The fourth-order valence-electron chi connectivity index (χ4n) is 1.98. The van der Waals surface area contributed by atoms with Gasteiger partial charge in [0, 0.05) is 25.7 Å². The molecule has 3 heteroatoms. The van der Waals surface area contributed by atoms with Gasteiger partial charge in [0.1, 0.15) is 0 Å². The first-order valence-electron chi connectivity index (χ1n) is 5.52. The third-order valence-corrected chi connectivity index (χ3v) is 3.05. The van der Waals surface area contributed by atoms with Crippen LogP contribution in [-0.2, 0) is 0 Å². The van der Waals surface area contributed by atoms with Crippen LogP contribution in [-0.4, -0.2) is 35.1 Å². The maximum Gasteiger partial charge on any atom is 0.0481 e. The largest absolute Gasteiger partial charge is 0.396 e. The number of hydrogen-bond acceptors (Lipinski definition) is 3. The Labute approximate surface area is 86.8 Å². The molecule has 2 unspecified atom stereocenters. The molecule has 0 fully saturated rings. The van der Waals surface area contributed by atoms with E-state index in [-0.39, 0.29) is 25.7 Å². The fourth-order valence-corrected chi connectivity index (χ4v) is 1.98. The summed E-state index contributed by atoms with van der Waals surface area (Å²) in [5, 5.41) is 26.8. The third-order valence-electron chi connectivity index (χ3n) is 3.05. The molecule has 86 valence electrons. The topological polar surface area (TPSA) is 60.7 Å². The number of hydrogen-bond donors (Lipinski definition) is 3. The monoisotopic (exact) mass is 204 g/mol. The van der Waals surface area contributed by atoms with Crippen molar-refractivity contribution in [2.75, 3.05) is 19.8 Å². The molecule has 0 radical (unpaired) electrons. The normalized spacial score (nSPS) is 15.9. The van der Waals surface area contributed by atoms with E-state index in [1.165, 1.54) is 0 Å². The van der Waals surface area contributed by atoms with Gasteiger partial charge in [-0.05, 0) is 24.7 Å². The van der Waals surface area contributed by atoms with Crippen LogP contribution in [0.3, 0.4) is 0 Å². The molecule has 0 aromatic heterocycles. The van der Waals surface area contributed by atoms with Crippen LogP contribution in [0.5, 0.6) is 0 Å². The summed E-state index contributed by atoms with van der Waals surface area (Å²) in [4.78, 5) is 0. The van der Waals surface area contributed by atoms with E-state index in [2.05, 4.69) is 13.8 Å². The molecule has 0 heterocycles. The Morgan fingerprint density at radius 2 is 1.64 bits per heavy atom. The molecule has 0 saturated carbocycles. The molecule has 0 saturated heterocycles. The molecule has 0 aromatic carbocycles. The van der Waals surface area contributed by atoms with Crippen molar-refractivity contribution < 1.29 is 15.3 Å². The van der Waals surface area contributed by atoms with Crippen molar-refractivity contribution >= 4 is 0 Å². The number of aliphatic hydroxyl groups excluding tert-OH is 3. The molecule has 0 amide bonds. The van der Waals surface area contributed by atoms with E-state index < -0.39 is 0 Å². The lowest BCUT2D eigenvalue weighted by atomic mass is 9.83. The zero-order valence-electron chi connectivity index (χ0n) is 9.32. The van der Waals surface area contributed by atoms with Gasteiger partial charge >= 0.3 is 0 Å². The van der Waals surface area contributed by atoms with Crippen LogP contribution in [0.1, 0.15) is 33.1 Å². The van der Waals surface area contributed by atoms with Crippen LogP contribution < -0.4 is 0 Å². The summed E-state index contributed by atoms with van der Waals surface area (Å²) < 4.78 is 0. The second-order valence-electron chi connectivity index (χ2n) is 4.12. The molecule has 3 N–H and O–H groups in total. The van der Waals surface area contributed by atoms with Crippen LogP contribution in [0.4, 0.5) is 0 Å². The second-order valence-corrected chi connectivity index (χ2v) is 4.12. The van der Waals surface area contributed by atoms with Gasteiger partial charge < -0.3 is 15.3 Å². The summed E-state index contributed by atoms with van der Waals surface area (Å²) in [6.07, 6.45) is 2.71. The third kappa shape index (κ3) is 4.94. The Kier molecular flexibility index (Phi) is 8.14. The van der Waals surface area contributed by atoms with Gasteiger partial charge in [-0.2, -0.15) is 0 Å². The van der Waals surface area contributed by atoms with Gasteiger partial charge in [0.15, 0.2) is 0 Å². The summed E-state index contributed by atoms with van der Waals surface area (Å²) in [7, 11) is 0. The zero-order valence-corrected chi connectivity index (χ0v) is 9.32. The molecular weight excluding hydrogens is 180 g/mol. The molecule has 0 bridgehead atoms. The molecular formula is C11H24O3. The highest BCUT2D eigenvalue weighted by Crippen LogP contribution is 2.25. The maximum absolute atomic E-state index is 8.95. The number of aliphatic hydroxyl groups is 3. The minimum absolute atomic E-state index is 0.00209. The summed E-state index contributed by atoms with van der Waals surface area (Å²) >= 11 is 0. The van der Waals surface area contributed by atoms with Crippen molar-refractivity contribution in [1.82, 2.24) is 0 Å². The molecule has 0 aliphatic carbocycles. The van der Waals surface area contributed by atoms with Crippen LogP contribution in [0, 0.1) is 17.8 Å². The molecule has 2 atom stereocenters. The van der Waals surface area contributed by atoms with Crippen molar-refractivity contribution in [3.05, 3.63) is 0 Å². The van der Waals surface area contributed by atoms with E-state index in [4.69, 9.17) is 15.3 Å². The Balaban J connectivity index is 3.94. The van der Waals surface area contributed by atoms with Crippen molar-refractivity contribution in [3.8, 4) is 0 Å². The van der Waals surface area contributed by atoms with Gasteiger partial charge in [0.05, 0.1) is 0 Å². The van der Waals surface area contributed by atoms with Crippen molar-refractivity contribution in [3.63, 3.8) is 0 Å². The van der Waals surface area contributed by atoms with Gasteiger partial charge in [-0.25, -0.2) is 0 Å². The molecule has 0 spiro atoms. The molecule has 0 aliphatic heterocycles. The predicted molar refractivity (Wildman–Crippen MR) is 56.9 cm³/mol. The van der Waals surface area contributed by atoms with E-state index in [0.29, 0.717) is 11.8 Å². The van der Waals surface area contributed by atoms with E-state index in [1.54, 1.807) is 0 Å². The van der Waals surface area contributed by atoms with Crippen LogP contribution in [0.15, 0.2) is 0 Å². The fraction of sp³-hybridized carbons (Fsp3) is 1.00. The van der Waals surface area contributed by atoms with E-state index >= 15 is 0 Å². The summed E-state index contributed by atoms with van der Waals surface area (Å²) in [5.74, 6) is 0.954. The molecule has 14 heavy (non-hydrogen) atoms. The maximum atomic E-state index is 8.95. The smallest absolute Gasteiger partial charge is 0.0481 e. The predicted octanol–water partition coefficient (Wildman–Crippen LogP) is 1.02. The Morgan fingerprint density at radius 1 is 1.07 bits per heavy atom. The average Bonchev–Trinajstić information content (AvgIpc) is 2.22. The Morgan fingerprint density at radius 3 is 2.00 bits per heavy atom.